The van der Waals surface area contributed by atoms with Crippen molar-refractivity contribution in [2.24, 2.45) is 0 Å². The van der Waals surface area contributed by atoms with Gasteiger partial charge in [-0.25, -0.2) is 4.79 Å². The number of carbonyl (C=O) groups excluding carboxylic acids is 1. The van der Waals surface area contributed by atoms with Crippen molar-refractivity contribution in [1.29, 1.82) is 0 Å². The number of aromatic carboxylic acids is 1. The normalized spacial score (nSPS) is 11.3. The minimum atomic E-state index is -4.93. The number of alkyl halides is 3. The van der Waals surface area contributed by atoms with Gasteiger partial charge in [0.2, 0.25) is 0 Å². The largest absolute Gasteiger partial charge is 0.573 e. The van der Waals surface area contributed by atoms with Gasteiger partial charge in [0.15, 0.2) is 0 Å². The number of unbranched alkanes of at least 4 members (excludes halogenated alkanes) is 10. The highest BCUT2D eigenvalue weighted by Crippen LogP contribution is 2.29. The number of hydrogen-bond donors (Lipinski definition) is 1. The molecule has 1 aromatic carbocycles. The lowest BCUT2D eigenvalue weighted by Crippen LogP contribution is -2.17. The molecule has 0 radical (unpaired) electrons. The first-order valence-electron chi connectivity index (χ1n) is 10.6. The smallest absolute Gasteiger partial charge is 0.478 e. The van der Waals surface area contributed by atoms with E-state index in [-0.39, 0.29) is 6.42 Å². The maximum absolute atomic E-state index is 12.3. The van der Waals surface area contributed by atoms with Gasteiger partial charge in [-0.15, -0.1) is 13.2 Å². The molecule has 0 bridgehead atoms. The van der Waals surface area contributed by atoms with E-state index in [1.165, 1.54) is 44.9 Å². The van der Waals surface area contributed by atoms with Crippen LogP contribution in [0.4, 0.5) is 13.2 Å². The minimum absolute atomic E-state index is 0.0699. The number of halogens is 3. The Bertz CT molecular complexity index is 659. The van der Waals surface area contributed by atoms with E-state index < -0.39 is 35.4 Å². The molecule has 0 amide bonds. The molecule has 30 heavy (non-hydrogen) atoms. The molecule has 0 aliphatic carbocycles. The average molecular weight is 432 g/mol. The number of ether oxygens (including phenoxy) is 2. The van der Waals surface area contributed by atoms with Gasteiger partial charge in [0.1, 0.15) is 17.1 Å². The van der Waals surface area contributed by atoms with Gasteiger partial charge in [-0.3, -0.25) is 4.79 Å². The molecule has 0 atom stereocenters. The van der Waals surface area contributed by atoms with Crippen LogP contribution in [-0.2, 0) is 4.79 Å². The summed E-state index contributed by atoms with van der Waals surface area (Å²) in [6.45, 7) is 2.19. The predicted octanol–water partition coefficient (Wildman–Crippen LogP) is 6.89. The van der Waals surface area contributed by atoms with E-state index in [2.05, 4.69) is 11.7 Å². The lowest BCUT2D eigenvalue weighted by Gasteiger charge is -2.12. The van der Waals surface area contributed by atoms with Crippen LogP contribution in [0.5, 0.6) is 11.5 Å². The van der Waals surface area contributed by atoms with E-state index in [9.17, 15) is 22.8 Å². The Balaban J connectivity index is 2.33. The quantitative estimate of drug-likeness (QED) is 0.186. The fourth-order valence-corrected chi connectivity index (χ4v) is 3.07. The zero-order chi connectivity index (χ0) is 22.4. The highest BCUT2D eigenvalue weighted by Gasteiger charge is 2.31. The molecule has 1 rings (SSSR count). The van der Waals surface area contributed by atoms with Crippen molar-refractivity contribution < 1.29 is 37.3 Å². The van der Waals surface area contributed by atoms with Crippen molar-refractivity contribution in [2.75, 3.05) is 0 Å². The van der Waals surface area contributed by atoms with Crippen LogP contribution < -0.4 is 9.47 Å². The summed E-state index contributed by atoms with van der Waals surface area (Å²) in [7, 11) is 0. The molecule has 0 saturated heterocycles. The fraction of sp³-hybridized carbons (Fsp3) is 0.636. The summed E-state index contributed by atoms with van der Waals surface area (Å²) in [5.41, 5.74) is -0.406. The number of carboxylic acids is 1. The minimum Gasteiger partial charge on any atom is -0.478 e. The number of esters is 1. The van der Waals surface area contributed by atoms with Gasteiger partial charge in [0.05, 0.1) is 0 Å². The Morgan fingerprint density at radius 2 is 1.43 bits per heavy atom. The molecule has 1 N–H and O–H groups in total. The molecule has 170 valence electrons. The molecule has 0 aliphatic heterocycles. The molecular formula is C22H31F3O5. The second-order valence-corrected chi connectivity index (χ2v) is 7.27. The van der Waals surface area contributed by atoms with Crippen LogP contribution in [0.3, 0.4) is 0 Å². The van der Waals surface area contributed by atoms with E-state index in [1.54, 1.807) is 0 Å². The number of benzene rings is 1. The van der Waals surface area contributed by atoms with E-state index in [0.29, 0.717) is 6.42 Å². The zero-order valence-corrected chi connectivity index (χ0v) is 17.4. The number of rotatable bonds is 15. The zero-order valence-electron chi connectivity index (χ0n) is 17.4. The molecule has 0 spiro atoms. The molecule has 0 aliphatic rings. The molecule has 0 fully saturated rings. The van der Waals surface area contributed by atoms with Gasteiger partial charge in [-0.1, -0.05) is 71.1 Å². The van der Waals surface area contributed by atoms with Crippen LogP contribution in [0.25, 0.3) is 0 Å². The Hall–Kier alpha value is -2.25. The van der Waals surface area contributed by atoms with Crippen LogP contribution in [-0.4, -0.2) is 23.4 Å². The van der Waals surface area contributed by atoms with E-state index in [4.69, 9.17) is 9.84 Å². The first-order chi connectivity index (χ1) is 14.2. The predicted molar refractivity (Wildman–Crippen MR) is 107 cm³/mol. The van der Waals surface area contributed by atoms with Crippen molar-refractivity contribution in [3.05, 3.63) is 23.8 Å². The van der Waals surface area contributed by atoms with Gasteiger partial charge < -0.3 is 14.6 Å². The summed E-state index contributed by atoms with van der Waals surface area (Å²) in [6.07, 6.45) is 7.43. The third kappa shape index (κ3) is 11.7. The average Bonchev–Trinajstić information content (AvgIpc) is 2.64. The van der Waals surface area contributed by atoms with Crippen molar-refractivity contribution in [1.82, 2.24) is 0 Å². The number of hydrogen-bond acceptors (Lipinski definition) is 4. The fourth-order valence-electron chi connectivity index (χ4n) is 3.07. The van der Waals surface area contributed by atoms with E-state index >= 15 is 0 Å². The second-order valence-electron chi connectivity index (χ2n) is 7.27. The lowest BCUT2D eigenvalue weighted by molar-refractivity contribution is -0.274. The third-order valence-corrected chi connectivity index (χ3v) is 4.63. The highest BCUT2D eigenvalue weighted by molar-refractivity contribution is 5.92. The first-order valence-corrected chi connectivity index (χ1v) is 10.6. The van der Waals surface area contributed by atoms with Gasteiger partial charge in [-0.05, 0) is 18.6 Å². The van der Waals surface area contributed by atoms with E-state index in [1.807, 2.05) is 0 Å². The maximum Gasteiger partial charge on any atom is 0.573 e. The lowest BCUT2D eigenvalue weighted by atomic mass is 10.1. The second kappa shape index (κ2) is 13.9. The van der Waals surface area contributed by atoms with Gasteiger partial charge >= 0.3 is 18.3 Å². The Kier molecular flexibility index (Phi) is 11.9. The van der Waals surface area contributed by atoms with Crippen molar-refractivity contribution in [2.45, 2.75) is 90.3 Å². The van der Waals surface area contributed by atoms with Crippen LogP contribution >= 0.6 is 0 Å². The summed E-state index contributed by atoms with van der Waals surface area (Å²) < 4.78 is 45.7. The summed E-state index contributed by atoms with van der Waals surface area (Å²) in [5, 5.41) is 9.12. The van der Waals surface area contributed by atoms with Crippen LogP contribution in [0.15, 0.2) is 18.2 Å². The molecule has 1 aromatic rings. The summed E-state index contributed by atoms with van der Waals surface area (Å²) in [4.78, 5) is 23.2. The Morgan fingerprint density at radius 3 is 1.93 bits per heavy atom. The van der Waals surface area contributed by atoms with Crippen molar-refractivity contribution in [3.63, 3.8) is 0 Å². The summed E-state index contributed by atoms with van der Waals surface area (Å²) >= 11 is 0. The molecule has 0 heterocycles. The van der Waals surface area contributed by atoms with Gasteiger partial charge in [-0.2, -0.15) is 0 Å². The van der Waals surface area contributed by atoms with Gasteiger partial charge in [0, 0.05) is 12.5 Å². The molecule has 8 heteroatoms. The number of carboxylic acid groups (broad SMARTS) is 1. The van der Waals surface area contributed by atoms with E-state index in [0.717, 1.165) is 37.5 Å². The summed E-state index contributed by atoms with van der Waals surface area (Å²) in [6, 6.07) is 2.53. The maximum atomic E-state index is 12.3. The first kappa shape index (κ1) is 25.8. The molecule has 0 unspecified atom stereocenters. The standard InChI is InChI=1S/C22H31F3O5/c1-2-3-4-5-6-7-8-9-10-11-12-13-20(26)29-19-16-17(30-22(23,24)25)14-15-18(19)21(27)28/h14-16H,2-13H2,1H3,(H,27,28). The molecule has 5 nitrogen and oxygen atoms in total. The van der Waals surface area contributed by atoms with Crippen LogP contribution in [0.1, 0.15) is 94.3 Å². The van der Waals surface area contributed by atoms with Crippen molar-refractivity contribution in [3.8, 4) is 11.5 Å². The third-order valence-electron chi connectivity index (χ3n) is 4.63. The number of carbonyl (C=O) groups is 2. The van der Waals surface area contributed by atoms with Crippen LogP contribution in [0, 0.1) is 0 Å². The Morgan fingerprint density at radius 1 is 0.900 bits per heavy atom. The van der Waals surface area contributed by atoms with Gasteiger partial charge in [0.25, 0.3) is 0 Å². The monoisotopic (exact) mass is 432 g/mol. The summed E-state index contributed by atoms with van der Waals surface area (Å²) in [5.74, 6) is -3.20. The highest BCUT2D eigenvalue weighted by atomic mass is 19.4. The Labute approximate surface area is 175 Å². The van der Waals surface area contributed by atoms with Crippen LogP contribution in [0.2, 0.25) is 0 Å². The van der Waals surface area contributed by atoms with Crippen molar-refractivity contribution >= 4 is 11.9 Å². The molecule has 0 saturated carbocycles. The molecular weight excluding hydrogens is 401 g/mol. The molecule has 0 aromatic heterocycles. The topological polar surface area (TPSA) is 72.8 Å². The SMILES string of the molecule is CCCCCCCCCCCCCC(=O)Oc1cc(OC(F)(F)F)ccc1C(=O)O.